The molecule has 4 nitrogen and oxygen atoms in total. The molecule has 44 valence electrons. The van der Waals surface area contributed by atoms with Gasteiger partial charge in [-0.1, -0.05) is 0 Å². The molecule has 1 aromatic rings. The molecule has 0 spiro atoms. The third-order valence-corrected chi connectivity index (χ3v) is 0.710. The van der Waals surface area contributed by atoms with E-state index in [1.54, 1.807) is 0 Å². The van der Waals surface area contributed by atoms with Crippen molar-refractivity contribution in [1.82, 2.24) is 9.97 Å². The van der Waals surface area contributed by atoms with Crippen molar-refractivity contribution in [3.05, 3.63) is 18.6 Å². The van der Waals surface area contributed by atoms with E-state index in [9.17, 15) is 4.79 Å². The van der Waals surface area contributed by atoms with Crippen LogP contribution < -0.4 is 0 Å². The van der Waals surface area contributed by atoms with Crippen molar-refractivity contribution in [3.63, 3.8) is 0 Å². The van der Waals surface area contributed by atoms with Crippen molar-refractivity contribution in [3.8, 4) is 0 Å². The molecule has 1 rings (SSSR count). The average molecular weight is 121 g/mol. The van der Waals surface area contributed by atoms with E-state index in [2.05, 4.69) is 15.0 Å². The zero-order valence-electron chi connectivity index (χ0n) is 4.48. The summed E-state index contributed by atoms with van der Waals surface area (Å²) in [5.74, 6) is 0.285. The van der Waals surface area contributed by atoms with Crippen LogP contribution in [-0.2, 0) is 4.79 Å². The van der Waals surface area contributed by atoms with E-state index in [4.69, 9.17) is 0 Å². The molecule has 0 unspecified atom stereocenters. The zero-order valence-corrected chi connectivity index (χ0v) is 4.48. The van der Waals surface area contributed by atoms with Crippen LogP contribution in [0.2, 0.25) is 0 Å². The summed E-state index contributed by atoms with van der Waals surface area (Å²) in [6.07, 6.45) is 5.69. The van der Waals surface area contributed by atoms with Crippen LogP contribution in [0.15, 0.2) is 23.6 Å². The van der Waals surface area contributed by atoms with Gasteiger partial charge in [0.15, 0.2) is 5.82 Å². The van der Waals surface area contributed by atoms with E-state index >= 15 is 0 Å². The van der Waals surface area contributed by atoms with Gasteiger partial charge in [-0.3, -0.25) is 4.98 Å². The molecular weight excluding hydrogens is 118 g/mol. The highest BCUT2D eigenvalue weighted by atomic mass is 16.1. The van der Waals surface area contributed by atoms with Gasteiger partial charge in [-0.2, -0.15) is 0 Å². The molecular formula is C5H3N3O. The number of aromatic nitrogens is 2. The highest BCUT2D eigenvalue weighted by Gasteiger charge is 1.83. The number of rotatable bonds is 1. The molecule has 1 heterocycles. The van der Waals surface area contributed by atoms with Gasteiger partial charge in [-0.15, -0.1) is 4.99 Å². The summed E-state index contributed by atoms with van der Waals surface area (Å²) >= 11 is 0. The minimum Gasteiger partial charge on any atom is -0.259 e. The summed E-state index contributed by atoms with van der Waals surface area (Å²) < 4.78 is 0. The normalized spacial score (nSPS) is 8.00. The molecule has 0 N–H and O–H groups in total. The first-order valence-electron chi connectivity index (χ1n) is 2.27. The molecule has 1 aromatic heterocycles. The van der Waals surface area contributed by atoms with Crippen LogP contribution in [-0.4, -0.2) is 16.0 Å². The molecule has 9 heavy (non-hydrogen) atoms. The van der Waals surface area contributed by atoms with Crippen LogP contribution in [0, 0.1) is 0 Å². The number of nitrogens with zero attached hydrogens (tertiary/aromatic N) is 3. The molecule has 0 bridgehead atoms. The SMILES string of the molecule is O=C=Nc1cnccn1. The Bertz CT molecular complexity index is 227. The lowest BCUT2D eigenvalue weighted by atomic mass is 10.7. The van der Waals surface area contributed by atoms with Crippen molar-refractivity contribution in [1.29, 1.82) is 0 Å². The molecule has 0 aliphatic carbocycles. The van der Waals surface area contributed by atoms with Gasteiger partial charge in [0, 0.05) is 12.4 Å². The summed E-state index contributed by atoms with van der Waals surface area (Å²) in [6, 6.07) is 0. The van der Waals surface area contributed by atoms with E-state index < -0.39 is 0 Å². The number of hydrogen-bond acceptors (Lipinski definition) is 4. The summed E-state index contributed by atoms with van der Waals surface area (Å²) in [7, 11) is 0. The Morgan fingerprint density at radius 1 is 1.56 bits per heavy atom. The lowest BCUT2D eigenvalue weighted by Gasteiger charge is -1.81. The average Bonchev–Trinajstić information content (AvgIpc) is 1.91. The molecule has 0 aliphatic heterocycles. The summed E-state index contributed by atoms with van der Waals surface area (Å²) in [5.41, 5.74) is 0. The Hall–Kier alpha value is -1.54. The first-order valence-corrected chi connectivity index (χ1v) is 2.27. The van der Waals surface area contributed by atoms with Gasteiger partial charge in [0.2, 0.25) is 6.08 Å². The van der Waals surface area contributed by atoms with Gasteiger partial charge in [0.25, 0.3) is 0 Å². The van der Waals surface area contributed by atoms with Crippen LogP contribution in [0.4, 0.5) is 5.82 Å². The first kappa shape index (κ1) is 5.59. The molecule has 0 saturated carbocycles. The number of hydrogen-bond donors (Lipinski definition) is 0. The Morgan fingerprint density at radius 2 is 2.44 bits per heavy atom. The molecule has 0 saturated heterocycles. The van der Waals surface area contributed by atoms with Crippen LogP contribution in [0.5, 0.6) is 0 Å². The number of aliphatic imine (C=N–C) groups is 1. The highest BCUT2D eigenvalue weighted by molar-refractivity contribution is 5.42. The third-order valence-electron chi connectivity index (χ3n) is 0.710. The van der Waals surface area contributed by atoms with Crippen LogP contribution in [0.25, 0.3) is 0 Å². The Morgan fingerprint density at radius 3 is 3.00 bits per heavy atom. The maximum absolute atomic E-state index is 9.61. The highest BCUT2D eigenvalue weighted by Crippen LogP contribution is 1.98. The molecule has 0 aliphatic rings. The van der Waals surface area contributed by atoms with Gasteiger partial charge in [0.05, 0.1) is 6.20 Å². The maximum atomic E-state index is 9.61. The lowest BCUT2D eigenvalue weighted by Crippen LogP contribution is -1.72. The van der Waals surface area contributed by atoms with Gasteiger partial charge in [-0.05, 0) is 0 Å². The topological polar surface area (TPSA) is 55.2 Å². The van der Waals surface area contributed by atoms with E-state index in [1.165, 1.54) is 24.7 Å². The van der Waals surface area contributed by atoms with Crippen molar-refractivity contribution < 1.29 is 4.79 Å². The minimum atomic E-state index is 0.285. The third kappa shape index (κ3) is 1.44. The van der Waals surface area contributed by atoms with Crippen molar-refractivity contribution in [2.75, 3.05) is 0 Å². The Labute approximate surface area is 51.3 Å². The minimum absolute atomic E-state index is 0.285. The van der Waals surface area contributed by atoms with E-state index in [-0.39, 0.29) is 5.82 Å². The predicted molar refractivity (Wildman–Crippen MR) is 29.8 cm³/mol. The predicted octanol–water partition coefficient (Wildman–Crippen LogP) is 0.444. The smallest absolute Gasteiger partial charge is 0.242 e. The molecule has 0 amide bonds. The number of carbonyl (C=O) groups excluding carboxylic acids is 1. The molecule has 0 aromatic carbocycles. The molecule has 0 fully saturated rings. The van der Waals surface area contributed by atoms with E-state index in [0.29, 0.717) is 0 Å². The maximum Gasteiger partial charge on any atom is 0.242 e. The second-order valence-corrected chi connectivity index (χ2v) is 1.27. The first-order chi connectivity index (χ1) is 4.43. The summed E-state index contributed by atoms with van der Waals surface area (Å²) in [5, 5.41) is 0. The van der Waals surface area contributed by atoms with Gasteiger partial charge < -0.3 is 0 Å². The van der Waals surface area contributed by atoms with Crippen molar-refractivity contribution in [2.24, 2.45) is 4.99 Å². The van der Waals surface area contributed by atoms with Crippen molar-refractivity contribution >= 4 is 11.9 Å². The second-order valence-electron chi connectivity index (χ2n) is 1.27. The lowest BCUT2D eigenvalue weighted by molar-refractivity contribution is 0.565. The fourth-order valence-electron chi connectivity index (χ4n) is 0.396. The standard InChI is InChI=1S/C5H3N3O/c9-4-8-5-3-6-1-2-7-5/h1-3H. The fraction of sp³-hybridized carbons (Fsp3) is 0. The molecule has 0 atom stereocenters. The van der Waals surface area contributed by atoms with E-state index in [1.807, 2.05) is 0 Å². The van der Waals surface area contributed by atoms with Gasteiger partial charge in [0.1, 0.15) is 0 Å². The van der Waals surface area contributed by atoms with Crippen LogP contribution in [0.1, 0.15) is 0 Å². The molecule has 0 radical (unpaired) electrons. The van der Waals surface area contributed by atoms with Gasteiger partial charge >= 0.3 is 0 Å². The van der Waals surface area contributed by atoms with Crippen LogP contribution >= 0.6 is 0 Å². The zero-order chi connectivity index (χ0) is 6.53. The van der Waals surface area contributed by atoms with E-state index in [0.717, 1.165) is 0 Å². The fourth-order valence-corrected chi connectivity index (χ4v) is 0.396. The summed E-state index contributed by atoms with van der Waals surface area (Å²) in [4.78, 5) is 20.2. The monoisotopic (exact) mass is 121 g/mol. The van der Waals surface area contributed by atoms with Crippen molar-refractivity contribution in [2.45, 2.75) is 0 Å². The quantitative estimate of drug-likeness (QED) is 0.400. The Balaban J connectivity index is 2.97. The van der Waals surface area contributed by atoms with Gasteiger partial charge in [-0.25, -0.2) is 9.78 Å². The second kappa shape index (κ2) is 2.69. The molecule has 4 heteroatoms. The largest absolute Gasteiger partial charge is 0.259 e. The summed E-state index contributed by atoms with van der Waals surface area (Å²) in [6.45, 7) is 0. The van der Waals surface area contributed by atoms with Crippen LogP contribution in [0.3, 0.4) is 0 Å². The Kier molecular flexibility index (Phi) is 1.67. The number of isocyanates is 1.